The average molecular weight is 424 g/mol. The van der Waals surface area contributed by atoms with Crippen LogP contribution in [0, 0.1) is 0 Å². The Labute approximate surface area is 182 Å². The third-order valence-corrected chi connectivity index (χ3v) is 4.00. The van der Waals surface area contributed by atoms with Crippen molar-refractivity contribution in [3.63, 3.8) is 0 Å². The van der Waals surface area contributed by atoms with Crippen LogP contribution in [-0.2, 0) is 14.3 Å². The van der Waals surface area contributed by atoms with Gasteiger partial charge in [0, 0.05) is 19.0 Å². The molecule has 0 aliphatic heterocycles. The molecule has 0 heterocycles. The number of hydrogen-bond donors (Lipinski definition) is 2. The first-order valence-corrected chi connectivity index (χ1v) is 10.1. The van der Waals surface area contributed by atoms with Gasteiger partial charge in [0.15, 0.2) is 0 Å². The Hall–Kier alpha value is -3.61. The van der Waals surface area contributed by atoms with E-state index >= 15 is 0 Å². The summed E-state index contributed by atoms with van der Waals surface area (Å²) in [5.41, 5.74) is 1.28. The van der Waals surface area contributed by atoms with E-state index in [1.54, 1.807) is 54.6 Å². The maximum Gasteiger partial charge on any atom is 0.302 e. The van der Waals surface area contributed by atoms with Gasteiger partial charge in [-0.3, -0.25) is 14.4 Å². The summed E-state index contributed by atoms with van der Waals surface area (Å²) in [4.78, 5) is 36.1. The fourth-order valence-corrected chi connectivity index (χ4v) is 2.61. The van der Waals surface area contributed by atoms with E-state index in [0.717, 1.165) is 11.3 Å². The van der Waals surface area contributed by atoms with Crippen LogP contribution in [0.15, 0.2) is 60.3 Å². The lowest BCUT2D eigenvalue weighted by Gasteiger charge is -2.12. The predicted octanol–water partition coefficient (Wildman–Crippen LogP) is 3.31. The van der Waals surface area contributed by atoms with Crippen molar-refractivity contribution >= 4 is 23.9 Å². The van der Waals surface area contributed by atoms with Gasteiger partial charge in [-0.15, -0.1) is 0 Å². The third-order valence-electron chi connectivity index (χ3n) is 4.00. The minimum absolute atomic E-state index is 0.0554. The van der Waals surface area contributed by atoms with E-state index in [1.807, 2.05) is 19.9 Å². The van der Waals surface area contributed by atoms with E-state index in [4.69, 9.17) is 9.47 Å². The van der Waals surface area contributed by atoms with Crippen molar-refractivity contribution in [2.45, 2.75) is 33.3 Å². The zero-order chi connectivity index (χ0) is 22.6. The summed E-state index contributed by atoms with van der Waals surface area (Å²) in [6, 6.07) is 15.9. The molecule has 164 valence electrons. The number of carbonyl (C=O) groups excluding carboxylic acids is 3. The van der Waals surface area contributed by atoms with Crippen molar-refractivity contribution in [2.75, 3.05) is 13.2 Å². The number of esters is 1. The van der Waals surface area contributed by atoms with Crippen molar-refractivity contribution in [2.24, 2.45) is 0 Å². The highest BCUT2D eigenvalue weighted by Crippen LogP contribution is 2.16. The van der Waals surface area contributed by atoms with Gasteiger partial charge in [0.25, 0.3) is 11.8 Å². The Bertz CT molecular complexity index is 905. The molecule has 2 amide bonds. The highest BCUT2D eigenvalue weighted by molar-refractivity contribution is 6.05. The molecule has 0 bridgehead atoms. The molecule has 2 N–H and O–H groups in total. The maximum absolute atomic E-state index is 12.7. The fraction of sp³-hybridized carbons (Fsp3) is 0.292. The molecule has 7 heteroatoms. The molecule has 0 radical (unpaired) electrons. The van der Waals surface area contributed by atoms with Gasteiger partial charge in [-0.25, -0.2) is 0 Å². The topological polar surface area (TPSA) is 93.7 Å². The molecule has 0 atom stereocenters. The number of hydrogen-bond acceptors (Lipinski definition) is 5. The molecular formula is C24H28N2O5. The molecule has 0 spiro atoms. The zero-order valence-electron chi connectivity index (χ0n) is 18.0. The number of carbonyl (C=O) groups is 3. The fourth-order valence-electron chi connectivity index (χ4n) is 2.61. The zero-order valence-corrected chi connectivity index (χ0v) is 18.0. The first kappa shape index (κ1) is 23.7. The van der Waals surface area contributed by atoms with E-state index < -0.39 is 5.91 Å². The van der Waals surface area contributed by atoms with Crippen LogP contribution in [0.5, 0.6) is 5.75 Å². The predicted molar refractivity (Wildman–Crippen MR) is 118 cm³/mol. The summed E-state index contributed by atoms with van der Waals surface area (Å²) in [5.74, 6) is -0.472. The van der Waals surface area contributed by atoms with Crippen LogP contribution in [0.2, 0.25) is 0 Å². The highest BCUT2D eigenvalue weighted by Gasteiger charge is 2.14. The van der Waals surface area contributed by atoms with Crippen molar-refractivity contribution < 1.29 is 23.9 Å². The maximum atomic E-state index is 12.7. The molecule has 7 nitrogen and oxygen atoms in total. The minimum atomic E-state index is -0.436. The van der Waals surface area contributed by atoms with Crippen LogP contribution in [-0.4, -0.2) is 37.0 Å². The van der Waals surface area contributed by atoms with Gasteiger partial charge in [-0.2, -0.15) is 0 Å². The third kappa shape index (κ3) is 8.74. The normalized spacial score (nSPS) is 11.0. The van der Waals surface area contributed by atoms with Crippen LogP contribution in [0.25, 0.3) is 6.08 Å². The van der Waals surface area contributed by atoms with Crippen LogP contribution in [0.3, 0.4) is 0 Å². The van der Waals surface area contributed by atoms with E-state index in [2.05, 4.69) is 10.6 Å². The van der Waals surface area contributed by atoms with Crippen molar-refractivity contribution in [1.82, 2.24) is 10.6 Å². The summed E-state index contributed by atoms with van der Waals surface area (Å²) < 4.78 is 10.5. The molecule has 0 saturated heterocycles. The Morgan fingerprint density at radius 1 is 1.00 bits per heavy atom. The summed E-state index contributed by atoms with van der Waals surface area (Å²) in [6.07, 6.45) is 2.12. The molecule has 0 unspecified atom stereocenters. The van der Waals surface area contributed by atoms with Crippen LogP contribution in [0.4, 0.5) is 0 Å². The molecule has 0 saturated carbocycles. The molecule has 0 fully saturated rings. The first-order valence-electron chi connectivity index (χ1n) is 10.1. The van der Waals surface area contributed by atoms with E-state index in [-0.39, 0.29) is 30.3 Å². The number of benzene rings is 2. The first-order chi connectivity index (χ1) is 14.8. The van der Waals surface area contributed by atoms with Gasteiger partial charge >= 0.3 is 5.97 Å². The molecule has 0 aliphatic rings. The van der Waals surface area contributed by atoms with E-state index in [9.17, 15) is 14.4 Å². The van der Waals surface area contributed by atoms with E-state index in [1.165, 1.54) is 6.92 Å². The second kappa shape index (κ2) is 12.2. The minimum Gasteiger partial charge on any atom is -0.491 e. The lowest BCUT2D eigenvalue weighted by atomic mass is 10.1. The molecule has 2 aromatic rings. The Morgan fingerprint density at radius 2 is 1.68 bits per heavy atom. The molecule has 2 aromatic carbocycles. The summed E-state index contributed by atoms with van der Waals surface area (Å²) in [7, 11) is 0. The number of nitrogens with one attached hydrogen (secondary N) is 2. The Balaban J connectivity index is 2.12. The summed E-state index contributed by atoms with van der Waals surface area (Å²) in [6.45, 7) is 5.72. The Morgan fingerprint density at radius 3 is 2.29 bits per heavy atom. The van der Waals surface area contributed by atoms with Gasteiger partial charge < -0.3 is 20.1 Å². The second-order valence-corrected chi connectivity index (χ2v) is 7.06. The monoisotopic (exact) mass is 424 g/mol. The SMILES string of the molecule is CC(=O)OCCCNC(=O)/C(=C/c1ccc(OC(C)C)cc1)NC(=O)c1ccccc1. The van der Waals surface area contributed by atoms with Gasteiger partial charge in [0.2, 0.25) is 0 Å². The number of ether oxygens (including phenoxy) is 2. The van der Waals surface area contributed by atoms with E-state index in [0.29, 0.717) is 18.5 Å². The summed E-state index contributed by atoms with van der Waals surface area (Å²) in [5, 5.41) is 5.41. The molecule has 0 aromatic heterocycles. The molecule has 2 rings (SSSR count). The Kier molecular flexibility index (Phi) is 9.29. The van der Waals surface area contributed by atoms with Gasteiger partial charge in [0.05, 0.1) is 12.7 Å². The lowest BCUT2D eigenvalue weighted by Crippen LogP contribution is -2.35. The van der Waals surface area contributed by atoms with Crippen LogP contribution < -0.4 is 15.4 Å². The average Bonchev–Trinajstić information content (AvgIpc) is 2.74. The largest absolute Gasteiger partial charge is 0.491 e. The van der Waals surface area contributed by atoms with Gasteiger partial charge in [0.1, 0.15) is 11.4 Å². The molecular weight excluding hydrogens is 396 g/mol. The second-order valence-electron chi connectivity index (χ2n) is 7.06. The van der Waals surface area contributed by atoms with Crippen LogP contribution in [0.1, 0.15) is 43.1 Å². The highest BCUT2D eigenvalue weighted by atomic mass is 16.5. The lowest BCUT2D eigenvalue weighted by molar-refractivity contribution is -0.141. The van der Waals surface area contributed by atoms with Crippen molar-refractivity contribution in [1.29, 1.82) is 0 Å². The van der Waals surface area contributed by atoms with Gasteiger partial charge in [-0.05, 0) is 56.2 Å². The number of rotatable bonds is 10. The van der Waals surface area contributed by atoms with Crippen LogP contribution >= 0.6 is 0 Å². The number of amides is 2. The van der Waals surface area contributed by atoms with Crippen molar-refractivity contribution in [3.8, 4) is 5.75 Å². The quantitative estimate of drug-likeness (QED) is 0.347. The molecule has 31 heavy (non-hydrogen) atoms. The molecule has 0 aliphatic carbocycles. The van der Waals surface area contributed by atoms with Gasteiger partial charge in [-0.1, -0.05) is 30.3 Å². The summed E-state index contributed by atoms with van der Waals surface area (Å²) >= 11 is 0. The smallest absolute Gasteiger partial charge is 0.302 e. The standard InChI is InChI=1S/C24H28N2O5/c1-17(2)31-21-12-10-19(11-13-21)16-22(24(29)25-14-7-15-30-18(3)27)26-23(28)20-8-5-4-6-9-20/h4-6,8-13,16-17H,7,14-15H2,1-3H3,(H,25,29)(H,26,28)/b22-16-. The van der Waals surface area contributed by atoms with Crippen molar-refractivity contribution in [3.05, 3.63) is 71.4 Å².